The molecule has 0 fully saturated rings. The molecule has 0 radical (unpaired) electrons. The SMILES string of the molecule is COc1ccc(/C=N/NS(=O)(=O)c2c(Cl)cc(C)cc2Cl)cc1CO. The number of benzene rings is 2. The molecule has 0 aliphatic carbocycles. The van der Waals surface area contributed by atoms with Crippen LogP contribution in [0.4, 0.5) is 0 Å². The zero-order chi connectivity index (χ0) is 18.6. The minimum Gasteiger partial charge on any atom is -0.496 e. The van der Waals surface area contributed by atoms with E-state index in [0.717, 1.165) is 5.56 Å². The summed E-state index contributed by atoms with van der Waals surface area (Å²) < 4.78 is 29.8. The molecule has 2 aromatic carbocycles. The highest BCUT2D eigenvalue weighted by Crippen LogP contribution is 2.30. The van der Waals surface area contributed by atoms with E-state index in [1.54, 1.807) is 25.1 Å². The number of nitrogens with one attached hydrogen (secondary N) is 1. The van der Waals surface area contributed by atoms with Gasteiger partial charge >= 0.3 is 0 Å². The molecular weight excluding hydrogens is 387 g/mol. The number of aliphatic hydroxyl groups is 1. The van der Waals surface area contributed by atoms with Crippen molar-refractivity contribution < 1.29 is 18.3 Å². The molecule has 0 unspecified atom stereocenters. The van der Waals surface area contributed by atoms with Gasteiger partial charge in [-0.25, -0.2) is 0 Å². The summed E-state index contributed by atoms with van der Waals surface area (Å²) in [5.41, 5.74) is 1.87. The maximum absolute atomic E-state index is 12.3. The second-order valence-corrected chi connectivity index (χ2v) is 7.55. The number of halogens is 2. The Kier molecular flexibility index (Phi) is 6.29. The van der Waals surface area contributed by atoms with E-state index in [9.17, 15) is 13.5 Å². The van der Waals surface area contributed by atoms with Gasteiger partial charge in [0.25, 0.3) is 10.0 Å². The van der Waals surface area contributed by atoms with Crippen LogP contribution in [0.25, 0.3) is 0 Å². The summed E-state index contributed by atoms with van der Waals surface area (Å²) in [5.74, 6) is 0.526. The predicted octanol–water partition coefficient (Wildman–Crippen LogP) is 3.12. The molecule has 0 saturated heterocycles. The Morgan fingerprint density at radius 2 is 1.88 bits per heavy atom. The van der Waals surface area contributed by atoms with E-state index in [1.165, 1.54) is 25.5 Å². The third kappa shape index (κ3) is 4.64. The van der Waals surface area contributed by atoms with Crippen molar-refractivity contribution in [3.63, 3.8) is 0 Å². The molecule has 134 valence electrons. The number of methoxy groups -OCH3 is 1. The number of sulfonamides is 1. The second-order valence-electron chi connectivity index (χ2n) is 5.14. The van der Waals surface area contributed by atoms with Crippen LogP contribution in [0.2, 0.25) is 10.0 Å². The van der Waals surface area contributed by atoms with E-state index in [-0.39, 0.29) is 21.5 Å². The molecule has 0 aliphatic rings. The fraction of sp³-hybridized carbons (Fsp3) is 0.188. The largest absolute Gasteiger partial charge is 0.496 e. The summed E-state index contributed by atoms with van der Waals surface area (Å²) in [5, 5.41) is 13.0. The lowest BCUT2D eigenvalue weighted by molar-refractivity contribution is 0.274. The van der Waals surface area contributed by atoms with Crippen molar-refractivity contribution in [2.24, 2.45) is 5.10 Å². The van der Waals surface area contributed by atoms with Crippen LogP contribution in [0.15, 0.2) is 40.3 Å². The van der Waals surface area contributed by atoms with Crippen LogP contribution >= 0.6 is 23.2 Å². The summed E-state index contributed by atoms with van der Waals surface area (Å²) in [6.07, 6.45) is 1.30. The maximum Gasteiger partial charge on any atom is 0.279 e. The molecule has 0 amide bonds. The van der Waals surface area contributed by atoms with Gasteiger partial charge in [-0.1, -0.05) is 23.2 Å². The fourth-order valence-corrected chi connectivity index (χ4v) is 4.28. The molecule has 2 aromatic rings. The number of aryl methyl sites for hydroxylation is 1. The first-order chi connectivity index (χ1) is 11.8. The highest BCUT2D eigenvalue weighted by atomic mass is 35.5. The van der Waals surface area contributed by atoms with E-state index in [1.807, 2.05) is 0 Å². The van der Waals surface area contributed by atoms with Crippen LogP contribution in [-0.4, -0.2) is 26.8 Å². The number of hydrogen-bond acceptors (Lipinski definition) is 5. The number of hydrogen-bond donors (Lipinski definition) is 2. The molecule has 0 atom stereocenters. The molecule has 0 heterocycles. The number of nitrogens with zero attached hydrogens (tertiary/aromatic N) is 1. The molecule has 0 saturated carbocycles. The monoisotopic (exact) mass is 402 g/mol. The quantitative estimate of drug-likeness (QED) is 0.573. The lowest BCUT2D eigenvalue weighted by atomic mass is 10.1. The first-order valence-corrected chi connectivity index (χ1v) is 9.30. The molecule has 2 rings (SSSR count). The summed E-state index contributed by atoms with van der Waals surface area (Å²) in [6.45, 7) is 1.54. The topological polar surface area (TPSA) is 88.0 Å². The lowest BCUT2D eigenvalue weighted by Gasteiger charge is -2.09. The van der Waals surface area contributed by atoms with Crippen molar-refractivity contribution in [3.05, 3.63) is 57.1 Å². The average molecular weight is 403 g/mol. The highest BCUT2D eigenvalue weighted by Gasteiger charge is 2.21. The Labute approximate surface area is 156 Å². The van der Waals surface area contributed by atoms with Crippen molar-refractivity contribution >= 4 is 39.4 Å². The Bertz CT molecular complexity index is 891. The highest BCUT2D eigenvalue weighted by molar-refractivity contribution is 7.89. The standard InChI is InChI=1S/C16H16Cl2N2O4S/c1-10-5-13(17)16(14(18)6-10)25(22,23)20-19-8-11-3-4-15(24-2)12(7-11)9-21/h3-8,20-21H,9H2,1-2H3/b19-8+. The van der Waals surface area contributed by atoms with Crippen molar-refractivity contribution in [3.8, 4) is 5.75 Å². The van der Waals surface area contributed by atoms with Gasteiger partial charge in [-0.3, -0.25) is 0 Å². The molecule has 2 N–H and O–H groups in total. The van der Waals surface area contributed by atoms with Gasteiger partial charge in [0.1, 0.15) is 10.6 Å². The summed E-state index contributed by atoms with van der Waals surface area (Å²) >= 11 is 12.0. The van der Waals surface area contributed by atoms with E-state index in [2.05, 4.69) is 9.93 Å². The van der Waals surface area contributed by atoms with E-state index in [4.69, 9.17) is 27.9 Å². The first kappa shape index (κ1) is 19.5. The normalized spacial score (nSPS) is 11.7. The summed E-state index contributed by atoms with van der Waals surface area (Å²) in [4.78, 5) is 1.84. The summed E-state index contributed by atoms with van der Waals surface area (Å²) in [7, 11) is -2.53. The van der Waals surface area contributed by atoms with Gasteiger partial charge in [-0.15, -0.1) is 0 Å². The number of aliphatic hydroxyl groups excluding tert-OH is 1. The molecular formula is C16H16Cl2N2O4S. The Balaban J connectivity index is 2.24. The van der Waals surface area contributed by atoms with Crippen LogP contribution in [0.5, 0.6) is 5.75 Å². The number of ether oxygens (including phenoxy) is 1. The van der Waals surface area contributed by atoms with Crippen LogP contribution in [0, 0.1) is 6.92 Å². The van der Waals surface area contributed by atoms with Gasteiger partial charge in [0.05, 0.1) is 30.0 Å². The van der Waals surface area contributed by atoms with Gasteiger partial charge < -0.3 is 9.84 Å². The van der Waals surface area contributed by atoms with E-state index >= 15 is 0 Å². The van der Waals surface area contributed by atoms with Gasteiger partial charge in [-0.2, -0.15) is 18.4 Å². The second kappa shape index (κ2) is 8.05. The zero-order valence-corrected chi connectivity index (χ0v) is 15.8. The molecule has 25 heavy (non-hydrogen) atoms. The number of rotatable bonds is 6. The van der Waals surface area contributed by atoms with Crippen molar-refractivity contribution in [1.29, 1.82) is 0 Å². The van der Waals surface area contributed by atoms with Crippen molar-refractivity contribution in [1.82, 2.24) is 4.83 Å². The van der Waals surface area contributed by atoms with Crippen LogP contribution in [-0.2, 0) is 16.6 Å². The third-order valence-corrected chi connectivity index (χ3v) is 5.42. The van der Waals surface area contributed by atoms with Gasteiger partial charge in [0, 0.05) is 5.56 Å². The van der Waals surface area contributed by atoms with Crippen molar-refractivity contribution in [2.75, 3.05) is 7.11 Å². The maximum atomic E-state index is 12.3. The fourth-order valence-electron chi connectivity index (χ4n) is 2.16. The Morgan fingerprint density at radius 1 is 1.24 bits per heavy atom. The molecule has 0 spiro atoms. The average Bonchev–Trinajstić information content (AvgIpc) is 2.53. The van der Waals surface area contributed by atoms with Crippen molar-refractivity contribution in [2.45, 2.75) is 18.4 Å². The zero-order valence-electron chi connectivity index (χ0n) is 13.5. The van der Waals surface area contributed by atoms with Crippen LogP contribution in [0.3, 0.4) is 0 Å². The molecule has 6 nitrogen and oxygen atoms in total. The van der Waals surface area contributed by atoms with Gasteiger partial charge in [-0.05, 0) is 48.4 Å². The third-order valence-electron chi connectivity index (χ3n) is 3.27. The van der Waals surface area contributed by atoms with Crippen LogP contribution in [0.1, 0.15) is 16.7 Å². The van der Waals surface area contributed by atoms with E-state index in [0.29, 0.717) is 16.9 Å². The molecule has 0 aliphatic heterocycles. The molecule has 9 heteroatoms. The smallest absolute Gasteiger partial charge is 0.279 e. The minimum atomic E-state index is -4.02. The Hall–Kier alpha value is -1.80. The van der Waals surface area contributed by atoms with E-state index < -0.39 is 10.0 Å². The molecule has 0 bridgehead atoms. The Morgan fingerprint density at radius 3 is 2.44 bits per heavy atom. The molecule has 0 aromatic heterocycles. The van der Waals surface area contributed by atoms with Gasteiger partial charge in [0.15, 0.2) is 0 Å². The first-order valence-electron chi connectivity index (χ1n) is 7.06. The predicted molar refractivity (Wildman–Crippen MR) is 98.0 cm³/mol. The lowest BCUT2D eigenvalue weighted by Crippen LogP contribution is -2.19. The summed E-state index contributed by atoms with van der Waals surface area (Å²) in [6, 6.07) is 7.95. The van der Waals surface area contributed by atoms with Gasteiger partial charge in [0.2, 0.25) is 0 Å². The minimum absolute atomic E-state index is 0.0136. The van der Waals surface area contributed by atoms with Crippen LogP contribution < -0.4 is 9.57 Å². The number of hydrazone groups is 1.